The van der Waals surface area contributed by atoms with E-state index in [2.05, 4.69) is 39.4 Å². The molecule has 1 saturated heterocycles. The summed E-state index contributed by atoms with van der Waals surface area (Å²) < 4.78 is 20.8. The van der Waals surface area contributed by atoms with Gasteiger partial charge in [0.1, 0.15) is 5.82 Å². The van der Waals surface area contributed by atoms with Crippen LogP contribution in [0.2, 0.25) is 0 Å². The number of aromatic nitrogens is 4. The molecule has 2 aromatic heterocycles. The maximum absolute atomic E-state index is 13.1. The predicted molar refractivity (Wildman–Crippen MR) is 107 cm³/mol. The summed E-state index contributed by atoms with van der Waals surface area (Å²) in [6.45, 7) is 6.20. The number of rotatable bonds is 7. The summed E-state index contributed by atoms with van der Waals surface area (Å²) in [5, 5.41) is 6.63. The van der Waals surface area contributed by atoms with Crippen LogP contribution in [0.4, 0.5) is 16.2 Å². The van der Waals surface area contributed by atoms with Crippen molar-refractivity contribution in [2.45, 2.75) is 45.4 Å². The number of ether oxygens (including phenoxy) is 1. The van der Waals surface area contributed by atoms with E-state index in [1.54, 1.807) is 18.5 Å². The molecule has 1 atom stereocenters. The Bertz CT molecular complexity index is 934. The number of halogens is 1. The molecule has 7 nitrogen and oxygen atoms in total. The van der Waals surface area contributed by atoms with Crippen molar-refractivity contribution >= 4 is 22.9 Å². The minimum Gasteiger partial charge on any atom is -0.376 e. The summed E-state index contributed by atoms with van der Waals surface area (Å²) in [5.41, 5.74) is 2.46. The van der Waals surface area contributed by atoms with Gasteiger partial charge in [-0.05, 0) is 44.4 Å². The lowest BCUT2D eigenvalue weighted by Gasteiger charge is -2.14. The number of hydrogen-bond acceptors (Lipinski definition) is 6. The lowest BCUT2D eigenvalue weighted by Crippen LogP contribution is -2.20. The third kappa shape index (κ3) is 4.06. The molecular weight excluding hydrogens is 359 g/mol. The molecule has 0 saturated carbocycles. The smallest absolute Gasteiger partial charge is 0.226 e. The van der Waals surface area contributed by atoms with Crippen LogP contribution in [0.25, 0.3) is 11.2 Å². The fraction of sp³-hybridized carbons (Fsp3) is 0.450. The fourth-order valence-electron chi connectivity index (χ4n) is 3.30. The Balaban J connectivity index is 1.59. The van der Waals surface area contributed by atoms with Crippen molar-refractivity contribution in [1.82, 2.24) is 19.5 Å². The van der Waals surface area contributed by atoms with Crippen LogP contribution >= 0.6 is 0 Å². The molecule has 1 aliphatic rings. The second-order valence-electron chi connectivity index (χ2n) is 7.31. The lowest BCUT2D eigenvalue weighted by atomic mass is 10.2. The Hall–Kier alpha value is -2.74. The molecule has 1 fully saturated rings. The van der Waals surface area contributed by atoms with E-state index in [9.17, 15) is 4.39 Å². The summed E-state index contributed by atoms with van der Waals surface area (Å²) in [6, 6.07) is 6.65. The topological polar surface area (TPSA) is 76.9 Å². The first-order chi connectivity index (χ1) is 13.6. The summed E-state index contributed by atoms with van der Waals surface area (Å²) in [7, 11) is 0. The van der Waals surface area contributed by atoms with E-state index in [0.29, 0.717) is 24.9 Å². The van der Waals surface area contributed by atoms with E-state index in [0.717, 1.165) is 36.2 Å². The van der Waals surface area contributed by atoms with Gasteiger partial charge in [-0.15, -0.1) is 0 Å². The van der Waals surface area contributed by atoms with Gasteiger partial charge >= 0.3 is 0 Å². The van der Waals surface area contributed by atoms with Gasteiger partial charge in [-0.25, -0.2) is 9.37 Å². The van der Waals surface area contributed by atoms with E-state index in [1.165, 1.54) is 12.1 Å². The highest BCUT2D eigenvalue weighted by Crippen LogP contribution is 2.24. The van der Waals surface area contributed by atoms with Gasteiger partial charge in [-0.2, -0.15) is 9.97 Å². The van der Waals surface area contributed by atoms with Crippen molar-refractivity contribution in [3.05, 3.63) is 42.0 Å². The van der Waals surface area contributed by atoms with Crippen molar-refractivity contribution in [3.8, 4) is 0 Å². The first-order valence-corrected chi connectivity index (χ1v) is 9.68. The highest BCUT2D eigenvalue weighted by molar-refractivity contribution is 5.84. The van der Waals surface area contributed by atoms with Crippen LogP contribution in [0.5, 0.6) is 0 Å². The molecule has 0 aliphatic carbocycles. The van der Waals surface area contributed by atoms with Gasteiger partial charge in [0.25, 0.3) is 0 Å². The van der Waals surface area contributed by atoms with Crippen LogP contribution in [-0.4, -0.2) is 38.8 Å². The lowest BCUT2D eigenvalue weighted by molar-refractivity contribution is 0.120. The zero-order valence-electron chi connectivity index (χ0n) is 16.2. The van der Waals surface area contributed by atoms with Gasteiger partial charge in [0.2, 0.25) is 5.95 Å². The van der Waals surface area contributed by atoms with Crippen LogP contribution in [0.1, 0.15) is 38.3 Å². The van der Waals surface area contributed by atoms with Crippen molar-refractivity contribution in [1.29, 1.82) is 0 Å². The van der Waals surface area contributed by atoms with Crippen LogP contribution in [-0.2, 0) is 11.3 Å². The minimum absolute atomic E-state index is 0.199. The van der Waals surface area contributed by atoms with Crippen molar-refractivity contribution < 1.29 is 9.13 Å². The van der Waals surface area contributed by atoms with Crippen LogP contribution in [0.15, 0.2) is 30.6 Å². The summed E-state index contributed by atoms with van der Waals surface area (Å²) >= 11 is 0. The number of nitrogens with one attached hydrogen (secondary N) is 2. The highest BCUT2D eigenvalue weighted by atomic mass is 19.1. The standard InChI is InChI=1S/C20H25FN6O/c1-13(2)27-12-24-17-18(22-10-14-5-7-15(21)8-6-14)25-20(26-19(17)27)23-11-16-4-3-9-28-16/h5-8,12-13,16H,3-4,9-11H2,1-2H3,(H2,22,23,25,26)/t16-/m1/s1. The first kappa shape index (κ1) is 18.6. The average Bonchev–Trinajstić information content (AvgIpc) is 3.35. The second-order valence-corrected chi connectivity index (χ2v) is 7.31. The molecule has 0 unspecified atom stereocenters. The van der Waals surface area contributed by atoms with Crippen LogP contribution in [0.3, 0.4) is 0 Å². The van der Waals surface area contributed by atoms with Gasteiger partial charge < -0.3 is 19.9 Å². The van der Waals surface area contributed by atoms with Crippen LogP contribution in [0, 0.1) is 5.82 Å². The number of benzene rings is 1. The van der Waals surface area contributed by atoms with Crippen molar-refractivity contribution in [2.24, 2.45) is 0 Å². The number of nitrogens with zero attached hydrogens (tertiary/aromatic N) is 4. The molecule has 0 bridgehead atoms. The maximum Gasteiger partial charge on any atom is 0.226 e. The molecule has 2 N–H and O–H groups in total. The minimum atomic E-state index is -0.246. The van der Waals surface area contributed by atoms with Crippen molar-refractivity contribution in [2.75, 3.05) is 23.8 Å². The Labute approximate surface area is 163 Å². The van der Waals surface area contributed by atoms with E-state index >= 15 is 0 Å². The number of imidazole rings is 1. The maximum atomic E-state index is 13.1. The molecule has 8 heteroatoms. The third-order valence-electron chi connectivity index (χ3n) is 4.86. The van der Waals surface area contributed by atoms with Crippen LogP contribution < -0.4 is 10.6 Å². The zero-order chi connectivity index (χ0) is 19.5. The Kier molecular flexibility index (Phi) is 5.38. The summed E-state index contributed by atoms with van der Waals surface area (Å²) in [5.74, 6) is 0.958. The molecule has 148 valence electrons. The van der Waals surface area contributed by atoms with Crippen molar-refractivity contribution in [3.63, 3.8) is 0 Å². The largest absolute Gasteiger partial charge is 0.376 e. The molecule has 3 aromatic rings. The normalized spacial score (nSPS) is 16.8. The van der Waals surface area contributed by atoms with Gasteiger partial charge in [-0.1, -0.05) is 12.1 Å². The molecule has 4 rings (SSSR count). The van der Waals surface area contributed by atoms with Gasteiger partial charge in [-0.3, -0.25) is 0 Å². The second kappa shape index (κ2) is 8.10. The highest BCUT2D eigenvalue weighted by Gasteiger charge is 2.18. The molecule has 0 spiro atoms. The average molecular weight is 384 g/mol. The molecule has 28 heavy (non-hydrogen) atoms. The molecule has 0 radical (unpaired) electrons. The van der Waals surface area contributed by atoms with E-state index < -0.39 is 0 Å². The zero-order valence-corrected chi connectivity index (χ0v) is 16.2. The van der Waals surface area contributed by atoms with E-state index in [-0.39, 0.29) is 18.0 Å². The number of fused-ring (bicyclic) bond motifs is 1. The van der Waals surface area contributed by atoms with Gasteiger partial charge in [0, 0.05) is 25.7 Å². The molecule has 3 heterocycles. The molecular formula is C20H25FN6O. The van der Waals surface area contributed by atoms with Gasteiger partial charge in [0.15, 0.2) is 17.0 Å². The van der Waals surface area contributed by atoms with Gasteiger partial charge in [0.05, 0.1) is 12.4 Å². The van der Waals surface area contributed by atoms with E-state index in [4.69, 9.17) is 4.74 Å². The quantitative estimate of drug-likeness (QED) is 0.646. The molecule has 1 aliphatic heterocycles. The molecule has 0 amide bonds. The summed E-state index contributed by atoms with van der Waals surface area (Å²) in [4.78, 5) is 13.8. The number of hydrogen-bond donors (Lipinski definition) is 2. The number of anilines is 2. The Morgan fingerprint density at radius 1 is 1.21 bits per heavy atom. The Morgan fingerprint density at radius 3 is 2.75 bits per heavy atom. The van der Waals surface area contributed by atoms with E-state index in [1.807, 2.05) is 4.57 Å². The predicted octanol–water partition coefficient (Wildman–Crippen LogP) is 3.75. The monoisotopic (exact) mass is 384 g/mol. The molecule has 1 aromatic carbocycles. The SMILES string of the molecule is CC(C)n1cnc2c(NCc3ccc(F)cc3)nc(NC[C@H]3CCCO3)nc21. The fourth-order valence-corrected chi connectivity index (χ4v) is 3.30. The third-order valence-corrected chi connectivity index (χ3v) is 4.86. The summed E-state index contributed by atoms with van der Waals surface area (Å²) in [6.07, 6.45) is 4.13. The Morgan fingerprint density at radius 2 is 2.04 bits per heavy atom. The first-order valence-electron chi connectivity index (χ1n) is 9.68.